The first-order chi connectivity index (χ1) is 14.0. The molecule has 9 nitrogen and oxygen atoms in total. The summed E-state index contributed by atoms with van der Waals surface area (Å²) in [7, 11) is 1.46. The van der Waals surface area contributed by atoms with Gasteiger partial charge in [-0.15, -0.1) is 0 Å². The molecule has 1 aliphatic rings. The van der Waals surface area contributed by atoms with Gasteiger partial charge in [0.15, 0.2) is 11.5 Å². The lowest BCUT2D eigenvalue weighted by Gasteiger charge is -2.19. The minimum Gasteiger partial charge on any atom is -0.504 e. The van der Waals surface area contributed by atoms with Crippen LogP contribution in [0.3, 0.4) is 0 Å². The highest BCUT2D eigenvalue weighted by Crippen LogP contribution is 2.40. The lowest BCUT2D eigenvalue weighted by Crippen LogP contribution is -2.19. The van der Waals surface area contributed by atoms with E-state index in [-0.39, 0.29) is 37.2 Å². The van der Waals surface area contributed by atoms with Crippen molar-refractivity contribution in [3.63, 3.8) is 0 Å². The fourth-order valence-electron chi connectivity index (χ4n) is 3.15. The third-order valence-corrected chi connectivity index (χ3v) is 4.67. The van der Waals surface area contributed by atoms with Gasteiger partial charge in [0.25, 0.3) is 0 Å². The lowest BCUT2D eigenvalue weighted by atomic mass is 10.1. The summed E-state index contributed by atoms with van der Waals surface area (Å²) < 4.78 is 10.6. The summed E-state index contributed by atoms with van der Waals surface area (Å²) in [5.41, 5.74) is 2.39. The molecule has 0 saturated carbocycles. The van der Waals surface area contributed by atoms with E-state index in [9.17, 15) is 10.2 Å². The first kappa shape index (κ1) is 20.7. The molecule has 0 spiro atoms. The zero-order valence-electron chi connectivity index (χ0n) is 16.7. The second-order valence-corrected chi connectivity index (χ2v) is 6.84. The number of nitrogens with one attached hydrogen (secondary N) is 1. The molecule has 0 bridgehead atoms. The zero-order chi connectivity index (χ0) is 21.0. The Morgan fingerprint density at radius 2 is 2.10 bits per heavy atom. The van der Waals surface area contributed by atoms with Gasteiger partial charge in [-0.25, -0.2) is 4.98 Å². The molecule has 3 rings (SSSR count). The first-order valence-electron chi connectivity index (χ1n) is 9.30. The quantitative estimate of drug-likeness (QED) is 0.525. The van der Waals surface area contributed by atoms with Crippen LogP contribution in [0.25, 0.3) is 0 Å². The van der Waals surface area contributed by atoms with Gasteiger partial charge >= 0.3 is 0 Å². The molecule has 2 heterocycles. The summed E-state index contributed by atoms with van der Waals surface area (Å²) in [5, 5.41) is 31.7. The van der Waals surface area contributed by atoms with E-state index in [0.29, 0.717) is 17.4 Å². The Kier molecular flexibility index (Phi) is 6.40. The van der Waals surface area contributed by atoms with Crippen LogP contribution >= 0.6 is 0 Å². The SMILES string of the molecule is COc1cc(Nc2ncc(C)c(N3C=C(CO)C(C)C3)n2)cc(O)c1OCCO. The molecule has 2 aromatic rings. The number of aromatic hydroxyl groups is 1. The highest BCUT2D eigenvalue weighted by molar-refractivity contribution is 5.66. The molecule has 1 unspecified atom stereocenters. The van der Waals surface area contributed by atoms with Crippen molar-refractivity contribution in [3.8, 4) is 17.2 Å². The molecule has 4 N–H and O–H groups in total. The summed E-state index contributed by atoms with van der Waals surface area (Å²) in [6.45, 7) is 4.61. The Morgan fingerprint density at radius 1 is 1.31 bits per heavy atom. The van der Waals surface area contributed by atoms with Crippen molar-refractivity contribution in [3.05, 3.63) is 35.7 Å². The molecule has 0 fully saturated rings. The van der Waals surface area contributed by atoms with E-state index in [4.69, 9.17) is 14.6 Å². The lowest BCUT2D eigenvalue weighted by molar-refractivity contribution is 0.192. The number of rotatable bonds is 8. The number of aliphatic hydroxyl groups is 2. The van der Waals surface area contributed by atoms with E-state index in [1.807, 2.05) is 18.0 Å². The van der Waals surface area contributed by atoms with Gasteiger partial charge in [0.2, 0.25) is 11.7 Å². The van der Waals surface area contributed by atoms with Gasteiger partial charge in [-0.1, -0.05) is 6.92 Å². The van der Waals surface area contributed by atoms with E-state index < -0.39 is 0 Å². The van der Waals surface area contributed by atoms with Crippen LogP contribution in [-0.4, -0.2) is 58.8 Å². The van der Waals surface area contributed by atoms with Crippen molar-refractivity contribution >= 4 is 17.5 Å². The predicted octanol–water partition coefficient (Wildman–Crippen LogP) is 1.95. The Bertz CT molecular complexity index is 903. The van der Waals surface area contributed by atoms with Crippen molar-refractivity contribution in [1.29, 1.82) is 0 Å². The Labute approximate surface area is 169 Å². The second kappa shape index (κ2) is 8.97. The molecule has 1 aliphatic heterocycles. The molecule has 156 valence electrons. The number of ether oxygens (including phenoxy) is 2. The van der Waals surface area contributed by atoms with Gasteiger partial charge in [-0.3, -0.25) is 0 Å². The summed E-state index contributed by atoms with van der Waals surface area (Å²) in [5.74, 6) is 1.70. The van der Waals surface area contributed by atoms with Crippen LogP contribution in [0.5, 0.6) is 17.2 Å². The van der Waals surface area contributed by atoms with E-state index in [0.717, 1.165) is 23.5 Å². The van der Waals surface area contributed by atoms with E-state index in [2.05, 4.69) is 22.2 Å². The van der Waals surface area contributed by atoms with E-state index in [1.165, 1.54) is 13.2 Å². The zero-order valence-corrected chi connectivity index (χ0v) is 16.7. The molecule has 0 aliphatic carbocycles. The number of hydrogen-bond donors (Lipinski definition) is 4. The fourth-order valence-corrected chi connectivity index (χ4v) is 3.15. The number of phenolic OH excluding ortho intramolecular Hbond substituents is 1. The van der Waals surface area contributed by atoms with Crippen molar-refractivity contribution in [2.24, 2.45) is 5.92 Å². The van der Waals surface area contributed by atoms with Crippen molar-refractivity contribution in [1.82, 2.24) is 9.97 Å². The van der Waals surface area contributed by atoms with Crippen LogP contribution in [0.2, 0.25) is 0 Å². The maximum Gasteiger partial charge on any atom is 0.229 e. The molecule has 0 radical (unpaired) electrons. The fraction of sp³-hybridized carbons (Fsp3) is 0.400. The van der Waals surface area contributed by atoms with Crippen LogP contribution in [0, 0.1) is 12.8 Å². The van der Waals surface area contributed by atoms with Crippen LogP contribution in [0.15, 0.2) is 30.1 Å². The van der Waals surface area contributed by atoms with Crippen molar-refractivity contribution in [2.45, 2.75) is 13.8 Å². The van der Waals surface area contributed by atoms with Gasteiger partial charge in [0.1, 0.15) is 12.4 Å². The monoisotopic (exact) mass is 402 g/mol. The van der Waals surface area contributed by atoms with Crippen molar-refractivity contribution in [2.75, 3.05) is 43.7 Å². The third-order valence-electron chi connectivity index (χ3n) is 4.67. The molecule has 0 saturated heterocycles. The van der Waals surface area contributed by atoms with Crippen molar-refractivity contribution < 1.29 is 24.8 Å². The maximum atomic E-state index is 10.3. The highest BCUT2D eigenvalue weighted by Gasteiger charge is 2.23. The number of benzene rings is 1. The number of methoxy groups -OCH3 is 1. The number of anilines is 3. The summed E-state index contributed by atoms with van der Waals surface area (Å²) >= 11 is 0. The minimum absolute atomic E-state index is 0.0245. The van der Waals surface area contributed by atoms with Gasteiger partial charge in [0.05, 0.1) is 20.3 Å². The number of nitrogens with zero attached hydrogens (tertiary/aromatic N) is 3. The smallest absolute Gasteiger partial charge is 0.229 e. The summed E-state index contributed by atoms with van der Waals surface area (Å²) in [6.07, 6.45) is 3.64. The van der Waals surface area contributed by atoms with E-state index in [1.54, 1.807) is 12.3 Å². The molecule has 1 aromatic carbocycles. The van der Waals surface area contributed by atoms with Crippen LogP contribution in [-0.2, 0) is 0 Å². The Balaban J connectivity index is 1.86. The third kappa shape index (κ3) is 4.52. The molecule has 0 amide bonds. The van der Waals surface area contributed by atoms with E-state index >= 15 is 0 Å². The van der Waals surface area contributed by atoms with Crippen LogP contribution in [0.1, 0.15) is 12.5 Å². The summed E-state index contributed by atoms with van der Waals surface area (Å²) in [4.78, 5) is 10.9. The standard InChI is InChI=1S/C20H26N4O5/c1-12-8-21-20(23-19(12)24-9-13(2)14(10-24)11-26)22-15-6-16(27)18(29-5-4-25)17(7-15)28-3/h6-8,10,13,25-27H,4-5,9,11H2,1-3H3,(H,21,22,23). The highest BCUT2D eigenvalue weighted by atomic mass is 16.5. The maximum absolute atomic E-state index is 10.3. The first-order valence-corrected chi connectivity index (χ1v) is 9.30. The molecule has 29 heavy (non-hydrogen) atoms. The minimum atomic E-state index is -0.176. The largest absolute Gasteiger partial charge is 0.504 e. The Morgan fingerprint density at radius 3 is 2.76 bits per heavy atom. The van der Waals surface area contributed by atoms with Gasteiger partial charge in [-0.2, -0.15) is 4.98 Å². The molecular weight excluding hydrogens is 376 g/mol. The van der Waals surface area contributed by atoms with Crippen LogP contribution < -0.4 is 19.7 Å². The number of aryl methyl sites for hydroxylation is 1. The molecule has 1 aromatic heterocycles. The average molecular weight is 402 g/mol. The number of aliphatic hydroxyl groups excluding tert-OH is 2. The average Bonchev–Trinajstić information content (AvgIpc) is 3.08. The molecular formula is C20H26N4O5. The predicted molar refractivity (Wildman–Crippen MR) is 109 cm³/mol. The van der Waals surface area contributed by atoms with Crippen LogP contribution in [0.4, 0.5) is 17.5 Å². The number of phenols is 1. The topological polar surface area (TPSA) is 120 Å². The summed E-state index contributed by atoms with van der Waals surface area (Å²) in [6, 6.07) is 3.12. The number of hydrogen-bond acceptors (Lipinski definition) is 9. The molecule has 9 heteroatoms. The number of aromatic nitrogens is 2. The second-order valence-electron chi connectivity index (χ2n) is 6.84. The normalized spacial score (nSPS) is 16.0. The van der Waals surface area contributed by atoms with Gasteiger partial charge in [0, 0.05) is 42.3 Å². The Hall–Kier alpha value is -3.04. The van der Waals surface area contributed by atoms with Gasteiger partial charge in [-0.05, 0) is 18.4 Å². The molecule has 1 atom stereocenters. The van der Waals surface area contributed by atoms with Gasteiger partial charge < -0.3 is 35.0 Å².